The molecule has 2 aromatic carbocycles. The third kappa shape index (κ3) is 8.95. The van der Waals surface area contributed by atoms with Gasteiger partial charge in [0.1, 0.15) is 5.75 Å². The van der Waals surface area contributed by atoms with Crippen LogP contribution < -0.4 is 11.0 Å². The summed E-state index contributed by atoms with van der Waals surface area (Å²) in [4.78, 5) is 14.4. The van der Waals surface area contributed by atoms with Crippen LogP contribution in [0.4, 0.5) is 0 Å². The van der Waals surface area contributed by atoms with Crippen molar-refractivity contribution in [3.05, 3.63) is 82.0 Å². The fourth-order valence-electron chi connectivity index (χ4n) is 4.12. The second-order valence-corrected chi connectivity index (χ2v) is 9.06. The van der Waals surface area contributed by atoms with Crippen molar-refractivity contribution in [2.45, 2.75) is 57.7 Å². The molecule has 0 unspecified atom stereocenters. The normalized spacial score (nSPS) is 12.2. The lowest BCUT2D eigenvalue weighted by Gasteiger charge is -2.14. The van der Waals surface area contributed by atoms with Crippen LogP contribution >= 0.6 is 0 Å². The standard InChI is InChI=1S/C28H39N3O5/c32-21-24-19-23(11-12-26(24)33)27(34)20-29-13-4-1-2-5-16-36-17-6-3-8-22-9-7-10-25(18-22)31-15-14-30-28(31)35/h7,9-12,14-15,18-19,27,29,32-34H,1-6,8,13,16-17,20-21H2,(H,30,35)/t27-/m0/s1. The molecule has 0 saturated heterocycles. The largest absolute Gasteiger partial charge is 0.508 e. The molecule has 0 saturated carbocycles. The van der Waals surface area contributed by atoms with E-state index >= 15 is 0 Å². The summed E-state index contributed by atoms with van der Waals surface area (Å²) in [6.07, 6.45) is 10.1. The summed E-state index contributed by atoms with van der Waals surface area (Å²) in [5.74, 6) is 0.0415. The number of H-pyrrole nitrogens is 1. The molecular formula is C28H39N3O5. The van der Waals surface area contributed by atoms with E-state index in [1.807, 2.05) is 12.1 Å². The van der Waals surface area contributed by atoms with Gasteiger partial charge in [-0.05, 0) is 74.0 Å². The summed E-state index contributed by atoms with van der Waals surface area (Å²) in [6, 6.07) is 12.9. The number of rotatable bonds is 17. The maximum absolute atomic E-state index is 11.8. The molecule has 0 bridgehead atoms. The van der Waals surface area contributed by atoms with Crippen LogP contribution in [0.5, 0.6) is 5.75 Å². The summed E-state index contributed by atoms with van der Waals surface area (Å²) in [7, 11) is 0. The minimum absolute atomic E-state index is 0.0415. The van der Waals surface area contributed by atoms with E-state index in [1.54, 1.807) is 29.1 Å². The molecule has 3 rings (SSSR count). The number of imidazole rings is 1. The molecule has 196 valence electrons. The highest BCUT2D eigenvalue weighted by Gasteiger charge is 2.10. The SMILES string of the molecule is O=c1[nH]ccn1-c1cccc(CCCCOCCCCCCNC[C@H](O)c2ccc(O)c(CO)c2)c1. The molecule has 1 heterocycles. The molecule has 5 N–H and O–H groups in total. The number of aromatic amines is 1. The van der Waals surface area contributed by atoms with Crippen molar-refractivity contribution in [3.8, 4) is 11.4 Å². The molecule has 3 aromatic rings. The number of aliphatic hydroxyl groups excluding tert-OH is 2. The summed E-state index contributed by atoms with van der Waals surface area (Å²) >= 11 is 0. The van der Waals surface area contributed by atoms with Crippen LogP contribution in [0.2, 0.25) is 0 Å². The molecule has 8 heteroatoms. The van der Waals surface area contributed by atoms with E-state index in [0.29, 0.717) is 17.7 Å². The lowest BCUT2D eigenvalue weighted by atomic mass is 10.1. The Kier molecular flexibility index (Phi) is 11.7. The van der Waals surface area contributed by atoms with Crippen molar-refractivity contribution in [3.63, 3.8) is 0 Å². The second-order valence-electron chi connectivity index (χ2n) is 9.06. The van der Waals surface area contributed by atoms with Gasteiger partial charge in [0.2, 0.25) is 0 Å². The first-order valence-corrected chi connectivity index (χ1v) is 12.8. The molecule has 1 aromatic heterocycles. The number of ether oxygens (including phenoxy) is 1. The molecule has 0 aliphatic carbocycles. The third-order valence-corrected chi connectivity index (χ3v) is 6.23. The van der Waals surface area contributed by atoms with Crippen molar-refractivity contribution in [2.24, 2.45) is 0 Å². The minimum atomic E-state index is -0.669. The monoisotopic (exact) mass is 497 g/mol. The van der Waals surface area contributed by atoms with Gasteiger partial charge in [0.15, 0.2) is 0 Å². The van der Waals surface area contributed by atoms with E-state index in [9.17, 15) is 20.1 Å². The van der Waals surface area contributed by atoms with E-state index < -0.39 is 6.10 Å². The predicted molar refractivity (Wildman–Crippen MR) is 140 cm³/mol. The number of hydrogen-bond donors (Lipinski definition) is 5. The van der Waals surface area contributed by atoms with Crippen LogP contribution in [0.15, 0.2) is 59.7 Å². The van der Waals surface area contributed by atoms with Crippen molar-refractivity contribution in [1.82, 2.24) is 14.9 Å². The summed E-state index contributed by atoms with van der Waals surface area (Å²) < 4.78 is 7.38. The Labute approximate surface area is 212 Å². The van der Waals surface area contributed by atoms with Crippen LogP contribution in [-0.4, -0.2) is 51.2 Å². The summed E-state index contributed by atoms with van der Waals surface area (Å²) in [5, 5.41) is 32.4. The lowest BCUT2D eigenvalue weighted by molar-refractivity contribution is 0.126. The number of nitrogens with one attached hydrogen (secondary N) is 2. The zero-order chi connectivity index (χ0) is 25.6. The smallest absolute Gasteiger partial charge is 0.330 e. The highest BCUT2D eigenvalue weighted by Crippen LogP contribution is 2.22. The van der Waals surface area contributed by atoms with E-state index in [1.165, 1.54) is 11.6 Å². The fourth-order valence-corrected chi connectivity index (χ4v) is 4.12. The Morgan fingerprint density at radius 3 is 2.58 bits per heavy atom. The Bertz CT molecular complexity index is 1090. The zero-order valence-electron chi connectivity index (χ0n) is 20.9. The summed E-state index contributed by atoms with van der Waals surface area (Å²) in [6.45, 7) is 2.58. The molecule has 0 spiro atoms. The van der Waals surface area contributed by atoms with Gasteiger partial charge < -0.3 is 30.4 Å². The number of aliphatic hydroxyl groups is 2. The Balaban J connectivity index is 1.15. The molecule has 0 amide bonds. The first kappa shape index (κ1) is 27.7. The van der Waals surface area contributed by atoms with Gasteiger partial charge in [-0.3, -0.25) is 4.57 Å². The van der Waals surface area contributed by atoms with Crippen LogP contribution in [0.3, 0.4) is 0 Å². The second kappa shape index (κ2) is 15.3. The lowest BCUT2D eigenvalue weighted by Crippen LogP contribution is -2.22. The fraction of sp³-hybridized carbons (Fsp3) is 0.464. The van der Waals surface area contributed by atoms with Crippen LogP contribution in [-0.2, 0) is 17.8 Å². The van der Waals surface area contributed by atoms with Crippen molar-refractivity contribution in [2.75, 3.05) is 26.3 Å². The van der Waals surface area contributed by atoms with Crippen LogP contribution in [0, 0.1) is 0 Å². The molecular weight excluding hydrogens is 458 g/mol. The molecule has 8 nitrogen and oxygen atoms in total. The topological polar surface area (TPSA) is 120 Å². The number of aryl methyl sites for hydroxylation is 1. The van der Waals surface area contributed by atoms with E-state index in [0.717, 1.165) is 70.4 Å². The molecule has 0 radical (unpaired) electrons. The molecule has 36 heavy (non-hydrogen) atoms. The van der Waals surface area contributed by atoms with Gasteiger partial charge in [-0.15, -0.1) is 0 Å². The van der Waals surface area contributed by atoms with Crippen molar-refractivity contribution < 1.29 is 20.1 Å². The predicted octanol–water partition coefficient (Wildman–Crippen LogP) is 3.59. The Morgan fingerprint density at radius 2 is 1.81 bits per heavy atom. The number of phenols is 1. The van der Waals surface area contributed by atoms with Crippen molar-refractivity contribution in [1.29, 1.82) is 0 Å². The van der Waals surface area contributed by atoms with Gasteiger partial charge in [-0.1, -0.05) is 31.0 Å². The molecule has 0 aliphatic heterocycles. The van der Waals surface area contributed by atoms with Gasteiger partial charge in [0.25, 0.3) is 0 Å². The number of benzene rings is 2. The highest BCUT2D eigenvalue weighted by atomic mass is 16.5. The Hall–Kier alpha value is -2.91. The average Bonchev–Trinajstić information content (AvgIpc) is 3.33. The molecule has 1 atom stereocenters. The Morgan fingerprint density at radius 1 is 1.00 bits per heavy atom. The van der Waals surface area contributed by atoms with Crippen LogP contribution in [0.25, 0.3) is 5.69 Å². The molecule has 0 aliphatic rings. The minimum Gasteiger partial charge on any atom is -0.508 e. The number of nitrogens with zero attached hydrogens (tertiary/aromatic N) is 1. The molecule has 0 fully saturated rings. The van der Waals surface area contributed by atoms with Gasteiger partial charge in [-0.25, -0.2) is 4.79 Å². The van der Waals surface area contributed by atoms with Gasteiger partial charge in [-0.2, -0.15) is 0 Å². The van der Waals surface area contributed by atoms with E-state index in [2.05, 4.69) is 22.4 Å². The average molecular weight is 498 g/mol. The van der Waals surface area contributed by atoms with Crippen molar-refractivity contribution >= 4 is 0 Å². The maximum Gasteiger partial charge on any atom is 0.330 e. The third-order valence-electron chi connectivity index (χ3n) is 6.23. The van der Waals surface area contributed by atoms with Gasteiger partial charge in [0.05, 0.1) is 18.4 Å². The summed E-state index contributed by atoms with van der Waals surface area (Å²) in [5.41, 5.74) is 3.09. The first-order chi connectivity index (χ1) is 17.6. The first-order valence-electron chi connectivity index (χ1n) is 12.8. The maximum atomic E-state index is 11.8. The number of aromatic nitrogens is 2. The quantitative estimate of drug-likeness (QED) is 0.182. The van der Waals surface area contributed by atoms with Crippen LogP contribution in [0.1, 0.15) is 61.3 Å². The van der Waals surface area contributed by atoms with E-state index in [-0.39, 0.29) is 18.0 Å². The number of unbranched alkanes of at least 4 members (excludes halogenated alkanes) is 4. The van der Waals surface area contributed by atoms with Gasteiger partial charge in [0, 0.05) is 37.7 Å². The highest BCUT2D eigenvalue weighted by molar-refractivity contribution is 5.37. The number of hydrogen-bond acceptors (Lipinski definition) is 6. The zero-order valence-corrected chi connectivity index (χ0v) is 20.9. The number of aromatic hydroxyl groups is 1. The van der Waals surface area contributed by atoms with E-state index in [4.69, 9.17) is 4.74 Å². The van der Waals surface area contributed by atoms with Gasteiger partial charge >= 0.3 is 5.69 Å².